The fourth-order valence-corrected chi connectivity index (χ4v) is 2.68. The molecule has 0 saturated heterocycles. The average Bonchev–Trinajstić information content (AvgIpc) is 3.15. The standard InChI is InChI=1S/C20H32N6O.HI/c1-3-19-25-24-17-26(19)15-14-23-20(21-12-8-16-27-4-2)22-13-11-18-9-6-5-7-10-18;/h5-7,9-10,17H,3-4,8,11-16H2,1-2H3,(H2,21,22,23);1H. The van der Waals surface area contributed by atoms with Crippen LogP contribution in [0.4, 0.5) is 0 Å². The summed E-state index contributed by atoms with van der Waals surface area (Å²) >= 11 is 0. The van der Waals surface area contributed by atoms with Gasteiger partial charge in [0.05, 0.1) is 0 Å². The van der Waals surface area contributed by atoms with E-state index >= 15 is 0 Å². The number of guanidine groups is 1. The van der Waals surface area contributed by atoms with Gasteiger partial charge in [-0.2, -0.15) is 0 Å². The maximum atomic E-state index is 5.38. The molecule has 0 amide bonds. The highest BCUT2D eigenvalue weighted by Crippen LogP contribution is 1.98. The molecular weight excluding hydrogens is 467 g/mol. The summed E-state index contributed by atoms with van der Waals surface area (Å²) in [4.78, 5) is 4.66. The fraction of sp³-hybridized carbons (Fsp3) is 0.550. The van der Waals surface area contributed by atoms with E-state index in [1.165, 1.54) is 5.56 Å². The van der Waals surface area contributed by atoms with Crippen LogP contribution >= 0.6 is 24.0 Å². The normalized spacial score (nSPS) is 11.1. The Labute approximate surface area is 185 Å². The minimum atomic E-state index is 0. The molecule has 0 saturated carbocycles. The van der Waals surface area contributed by atoms with Gasteiger partial charge in [-0.3, -0.25) is 4.99 Å². The lowest BCUT2D eigenvalue weighted by atomic mass is 10.1. The van der Waals surface area contributed by atoms with Crippen molar-refractivity contribution < 1.29 is 4.74 Å². The van der Waals surface area contributed by atoms with Crippen LogP contribution in [0.2, 0.25) is 0 Å². The Balaban J connectivity index is 0.00000392. The van der Waals surface area contributed by atoms with Crippen molar-refractivity contribution in [2.45, 2.75) is 39.7 Å². The Bertz CT molecular complexity index is 662. The van der Waals surface area contributed by atoms with Crippen molar-refractivity contribution in [1.82, 2.24) is 25.4 Å². The average molecular weight is 500 g/mol. The Morgan fingerprint density at radius 1 is 1.14 bits per heavy atom. The van der Waals surface area contributed by atoms with Gasteiger partial charge in [0.1, 0.15) is 12.2 Å². The zero-order chi connectivity index (χ0) is 19.2. The predicted octanol–water partition coefficient (Wildman–Crippen LogP) is 2.66. The first-order valence-corrected chi connectivity index (χ1v) is 9.84. The summed E-state index contributed by atoms with van der Waals surface area (Å²) in [5, 5.41) is 14.9. The second-order valence-electron chi connectivity index (χ2n) is 6.16. The molecule has 1 aromatic heterocycles. The second kappa shape index (κ2) is 15.3. The summed E-state index contributed by atoms with van der Waals surface area (Å²) in [6.07, 6.45) is 4.55. The molecule has 1 heterocycles. The van der Waals surface area contributed by atoms with Crippen molar-refractivity contribution in [2.75, 3.05) is 32.8 Å². The quantitative estimate of drug-likeness (QED) is 0.203. The molecule has 0 aliphatic heterocycles. The van der Waals surface area contributed by atoms with Crippen LogP contribution in [0, 0.1) is 0 Å². The molecule has 0 unspecified atom stereocenters. The molecule has 0 atom stereocenters. The minimum Gasteiger partial charge on any atom is -0.382 e. The van der Waals surface area contributed by atoms with Crippen LogP contribution in [0.3, 0.4) is 0 Å². The maximum absolute atomic E-state index is 5.38. The second-order valence-corrected chi connectivity index (χ2v) is 6.16. The first-order chi connectivity index (χ1) is 13.3. The molecule has 2 N–H and O–H groups in total. The molecule has 0 aliphatic rings. The van der Waals surface area contributed by atoms with E-state index in [-0.39, 0.29) is 24.0 Å². The van der Waals surface area contributed by atoms with Gasteiger partial charge in [-0.15, -0.1) is 34.2 Å². The number of hydrogen-bond donors (Lipinski definition) is 2. The highest BCUT2D eigenvalue weighted by molar-refractivity contribution is 14.0. The molecule has 1 aromatic carbocycles. The molecule has 0 spiro atoms. The molecular formula is C20H33IN6O. The lowest BCUT2D eigenvalue weighted by molar-refractivity contribution is 0.146. The van der Waals surface area contributed by atoms with E-state index < -0.39 is 0 Å². The third-order valence-electron chi connectivity index (χ3n) is 4.13. The first-order valence-electron chi connectivity index (χ1n) is 9.84. The van der Waals surface area contributed by atoms with Crippen LogP contribution in [-0.4, -0.2) is 53.6 Å². The van der Waals surface area contributed by atoms with E-state index in [2.05, 4.69) is 61.6 Å². The van der Waals surface area contributed by atoms with Crippen LogP contribution in [0.15, 0.2) is 41.7 Å². The van der Waals surface area contributed by atoms with Crippen LogP contribution < -0.4 is 10.6 Å². The largest absolute Gasteiger partial charge is 0.382 e. The molecule has 2 rings (SSSR count). The number of aliphatic imine (C=N–C) groups is 1. The third kappa shape index (κ3) is 9.50. The number of aryl methyl sites for hydroxylation is 1. The third-order valence-corrected chi connectivity index (χ3v) is 4.13. The number of nitrogens with zero attached hydrogens (tertiary/aromatic N) is 4. The van der Waals surface area contributed by atoms with E-state index in [1.54, 1.807) is 6.33 Å². The van der Waals surface area contributed by atoms with Gasteiger partial charge in [-0.25, -0.2) is 0 Å². The lowest BCUT2D eigenvalue weighted by Gasteiger charge is -2.13. The number of ether oxygens (including phenoxy) is 1. The van der Waals surface area contributed by atoms with Crippen molar-refractivity contribution in [3.8, 4) is 0 Å². The van der Waals surface area contributed by atoms with Gasteiger partial charge in [-0.05, 0) is 25.3 Å². The number of halogens is 1. The molecule has 156 valence electrons. The maximum Gasteiger partial charge on any atom is 0.191 e. The summed E-state index contributed by atoms with van der Waals surface area (Å²) in [7, 11) is 0. The first kappa shape index (κ1) is 24.4. The molecule has 28 heavy (non-hydrogen) atoms. The highest BCUT2D eigenvalue weighted by Gasteiger charge is 2.03. The zero-order valence-corrected chi connectivity index (χ0v) is 19.3. The molecule has 0 radical (unpaired) electrons. The summed E-state index contributed by atoms with van der Waals surface area (Å²) in [6, 6.07) is 10.5. The lowest BCUT2D eigenvalue weighted by Crippen LogP contribution is -2.40. The van der Waals surface area contributed by atoms with Crippen molar-refractivity contribution >= 4 is 29.9 Å². The topological polar surface area (TPSA) is 76.4 Å². The van der Waals surface area contributed by atoms with Crippen LogP contribution in [-0.2, 0) is 24.1 Å². The van der Waals surface area contributed by atoms with Gasteiger partial charge in [0.15, 0.2) is 5.96 Å². The van der Waals surface area contributed by atoms with Crippen LogP contribution in [0.5, 0.6) is 0 Å². The number of nitrogens with one attached hydrogen (secondary N) is 2. The molecule has 0 fully saturated rings. The molecule has 2 aromatic rings. The van der Waals surface area contributed by atoms with Gasteiger partial charge < -0.3 is 19.9 Å². The van der Waals surface area contributed by atoms with E-state index in [0.29, 0.717) is 0 Å². The van der Waals surface area contributed by atoms with Crippen molar-refractivity contribution in [3.05, 3.63) is 48.0 Å². The van der Waals surface area contributed by atoms with Crippen LogP contribution in [0.1, 0.15) is 31.7 Å². The zero-order valence-electron chi connectivity index (χ0n) is 16.9. The van der Waals surface area contributed by atoms with Gasteiger partial charge in [-0.1, -0.05) is 37.3 Å². The molecule has 0 bridgehead atoms. The van der Waals surface area contributed by atoms with Gasteiger partial charge in [0.2, 0.25) is 0 Å². The number of hydrogen-bond acceptors (Lipinski definition) is 4. The van der Waals surface area contributed by atoms with Gasteiger partial charge in [0, 0.05) is 45.8 Å². The summed E-state index contributed by atoms with van der Waals surface area (Å²) in [5.74, 6) is 1.84. The Kier molecular flexibility index (Phi) is 13.3. The van der Waals surface area contributed by atoms with Crippen molar-refractivity contribution in [2.24, 2.45) is 4.99 Å². The van der Waals surface area contributed by atoms with Gasteiger partial charge >= 0.3 is 0 Å². The smallest absolute Gasteiger partial charge is 0.191 e. The highest BCUT2D eigenvalue weighted by atomic mass is 127. The Morgan fingerprint density at radius 2 is 1.93 bits per heavy atom. The van der Waals surface area contributed by atoms with E-state index in [9.17, 15) is 0 Å². The number of rotatable bonds is 12. The Hall–Kier alpha value is -1.68. The Morgan fingerprint density at radius 3 is 2.68 bits per heavy atom. The summed E-state index contributed by atoms with van der Waals surface area (Å²) in [6.45, 7) is 8.77. The van der Waals surface area contributed by atoms with Crippen molar-refractivity contribution in [1.29, 1.82) is 0 Å². The molecule has 7 nitrogen and oxygen atoms in total. The summed E-state index contributed by atoms with van der Waals surface area (Å²) < 4.78 is 7.46. The van der Waals surface area contributed by atoms with E-state index in [4.69, 9.17) is 4.74 Å². The predicted molar refractivity (Wildman–Crippen MR) is 124 cm³/mol. The monoisotopic (exact) mass is 500 g/mol. The van der Waals surface area contributed by atoms with Gasteiger partial charge in [0.25, 0.3) is 0 Å². The number of benzene rings is 1. The number of aromatic nitrogens is 3. The van der Waals surface area contributed by atoms with E-state index in [1.807, 2.05) is 13.0 Å². The van der Waals surface area contributed by atoms with Crippen molar-refractivity contribution in [3.63, 3.8) is 0 Å². The summed E-state index contributed by atoms with van der Waals surface area (Å²) in [5.41, 5.74) is 1.32. The minimum absolute atomic E-state index is 0. The molecule has 0 aliphatic carbocycles. The van der Waals surface area contributed by atoms with Crippen LogP contribution in [0.25, 0.3) is 0 Å². The SMILES string of the molecule is CCOCCCN=C(NCCc1ccccc1)NCCn1cnnc1CC.I. The van der Waals surface area contributed by atoms with E-state index in [0.717, 1.165) is 70.4 Å². The molecule has 8 heteroatoms. The fourth-order valence-electron chi connectivity index (χ4n) is 2.68.